The summed E-state index contributed by atoms with van der Waals surface area (Å²) in [5.41, 5.74) is 0. The minimum Gasteiger partial charge on any atom is -0.454 e. The Morgan fingerprint density at radius 2 is 2.44 bits per heavy atom. The zero-order valence-corrected chi connectivity index (χ0v) is 5.72. The molecule has 0 unspecified atom stereocenters. The van der Waals surface area contributed by atoms with Gasteiger partial charge in [0.1, 0.15) is 0 Å². The molecule has 0 fully saturated rings. The van der Waals surface area contributed by atoms with Crippen molar-refractivity contribution in [3.63, 3.8) is 0 Å². The lowest BCUT2D eigenvalue weighted by molar-refractivity contribution is -0.148. The summed E-state index contributed by atoms with van der Waals surface area (Å²) < 4.78 is 4.41. The highest BCUT2D eigenvalue weighted by atomic mass is 35.5. The monoisotopic (exact) mass is 150 g/mol. The van der Waals surface area contributed by atoms with Crippen molar-refractivity contribution in [2.45, 2.75) is 13.0 Å². The van der Waals surface area contributed by atoms with E-state index >= 15 is 0 Å². The zero-order chi connectivity index (χ0) is 7.28. The fraction of sp³-hybridized carbons (Fsp3) is 0.600. The zero-order valence-electron chi connectivity index (χ0n) is 4.96. The molecule has 0 aromatic rings. The number of halogens is 1. The van der Waals surface area contributed by atoms with Crippen LogP contribution < -0.4 is 0 Å². The van der Waals surface area contributed by atoms with Crippen LogP contribution >= 0.6 is 11.6 Å². The highest BCUT2D eigenvalue weighted by molar-refractivity contribution is 6.19. The first-order valence-electron chi connectivity index (χ1n) is 2.39. The molecule has 0 rings (SSSR count). The topological polar surface area (TPSA) is 43.4 Å². The van der Waals surface area contributed by atoms with Crippen molar-refractivity contribution in [3.05, 3.63) is 0 Å². The molecular formula is C5H7ClO3. The van der Waals surface area contributed by atoms with Crippen LogP contribution in [-0.2, 0) is 14.3 Å². The lowest BCUT2D eigenvalue weighted by Crippen LogP contribution is -2.18. The number of alkyl halides is 1. The van der Waals surface area contributed by atoms with Gasteiger partial charge < -0.3 is 4.74 Å². The van der Waals surface area contributed by atoms with Crippen LogP contribution in [0.4, 0.5) is 0 Å². The summed E-state index contributed by atoms with van der Waals surface area (Å²) in [5.74, 6) is -0.476. The van der Waals surface area contributed by atoms with Gasteiger partial charge in [-0.05, 0) is 0 Å². The normalized spacial score (nSPS) is 12.2. The SMILES string of the molecule is CC(=O)O[C@H](C=O)CCl. The Kier molecular flexibility index (Phi) is 4.05. The van der Waals surface area contributed by atoms with E-state index in [-0.39, 0.29) is 5.88 Å². The molecule has 1 atom stereocenters. The molecular weight excluding hydrogens is 144 g/mol. The van der Waals surface area contributed by atoms with Crippen molar-refractivity contribution >= 4 is 23.9 Å². The number of ether oxygens (including phenoxy) is 1. The Bertz CT molecular complexity index is 113. The Labute approximate surface area is 57.9 Å². The molecule has 4 heteroatoms. The minimum absolute atomic E-state index is 0.0169. The molecule has 0 saturated carbocycles. The summed E-state index contributed by atoms with van der Waals surface area (Å²) >= 11 is 5.20. The molecule has 0 aliphatic heterocycles. The van der Waals surface area contributed by atoms with Crippen molar-refractivity contribution < 1.29 is 14.3 Å². The Morgan fingerprint density at radius 1 is 1.89 bits per heavy atom. The van der Waals surface area contributed by atoms with Crippen LogP contribution in [0.2, 0.25) is 0 Å². The summed E-state index contributed by atoms with van der Waals surface area (Å²) in [6.07, 6.45) is -0.293. The number of aldehydes is 1. The molecule has 0 aliphatic carbocycles. The van der Waals surface area contributed by atoms with Crippen molar-refractivity contribution in [2.24, 2.45) is 0 Å². The van der Waals surface area contributed by atoms with Gasteiger partial charge in [-0.25, -0.2) is 0 Å². The number of hydrogen-bond donors (Lipinski definition) is 0. The molecule has 0 N–H and O–H groups in total. The second kappa shape index (κ2) is 4.32. The van der Waals surface area contributed by atoms with Crippen LogP contribution in [-0.4, -0.2) is 24.2 Å². The van der Waals surface area contributed by atoms with E-state index in [0.29, 0.717) is 6.29 Å². The first kappa shape index (κ1) is 8.43. The summed E-state index contributed by atoms with van der Waals surface area (Å²) in [5, 5.41) is 0. The third kappa shape index (κ3) is 3.97. The molecule has 0 aromatic carbocycles. The molecule has 0 heterocycles. The van der Waals surface area contributed by atoms with Gasteiger partial charge in [0, 0.05) is 6.92 Å². The smallest absolute Gasteiger partial charge is 0.303 e. The van der Waals surface area contributed by atoms with E-state index in [4.69, 9.17) is 11.6 Å². The molecule has 0 saturated heterocycles. The molecule has 9 heavy (non-hydrogen) atoms. The first-order chi connectivity index (χ1) is 4.20. The Morgan fingerprint density at radius 3 is 2.56 bits per heavy atom. The summed E-state index contributed by atoms with van der Waals surface area (Å²) in [6, 6.07) is 0. The number of esters is 1. The van der Waals surface area contributed by atoms with Gasteiger partial charge in [0.25, 0.3) is 0 Å². The third-order valence-electron chi connectivity index (χ3n) is 0.621. The summed E-state index contributed by atoms with van der Waals surface area (Å²) in [4.78, 5) is 20.0. The Balaban J connectivity index is 3.55. The Hall–Kier alpha value is -0.570. The molecule has 0 radical (unpaired) electrons. The van der Waals surface area contributed by atoms with Crippen molar-refractivity contribution in [2.75, 3.05) is 5.88 Å². The average Bonchev–Trinajstić information content (AvgIpc) is 1.82. The van der Waals surface area contributed by atoms with Crippen LogP contribution in [0.5, 0.6) is 0 Å². The van der Waals surface area contributed by atoms with Gasteiger partial charge in [0.2, 0.25) is 0 Å². The molecule has 52 valence electrons. The molecule has 0 spiro atoms. The molecule has 0 amide bonds. The van der Waals surface area contributed by atoms with E-state index in [2.05, 4.69) is 4.74 Å². The molecule has 0 aromatic heterocycles. The maximum Gasteiger partial charge on any atom is 0.303 e. The number of rotatable bonds is 3. The number of carbonyl (C=O) groups excluding carboxylic acids is 2. The van der Waals surface area contributed by atoms with Gasteiger partial charge in [-0.15, -0.1) is 11.6 Å². The second-order valence-corrected chi connectivity index (χ2v) is 1.75. The summed E-state index contributed by atoms with van der Waals surface area (Å²) in [7, 11) is 0. The number of hydrogen-bond acceptors (Lipinski definition) is 3. The van der Waals surface area contributed by atoms with E-state index in [1.54, 1.807) is 0 Å². The molecule has 3 nitrogen and oxygen atoms in total. The van der Waals surface area contributed by atoms with E-state index in [9.17, 15) is 9.59 Å². The number of carbonyl (C=O) groups is 2. The van der Waals surface area contributed by atoms with Crippen LogP contribution in [0.1, 0.15) is 6.92 Å². The quantitative estimate of drug-likeness (QED) is 0.331. The van der Waals surface area contributed by atoms with E-state index in [1.807, 2.05) is 0 Å². The van der Waals surface area contributed by atoms with Gasteiger partial charge in [-0.1, -0.05) is 0 Å². The van der Waals surface area contributed by atoms with E-state index in [1.165, 1.54) is 6.92 Å². The van der Waals surface area contributed by atoms with Crippen LogP contribution in [0, 0.1) is 0 Å². The van der Waals surface area contributed by atoms with Crippen molar-refractivity contribution in [1.82, 2.24) is 0 Å². The second-order valence-electron chi connectivity index (χ2n) is 1.44. The van der Waals surface area contributed by atoms with Gasteiger partial charge in [-0.3, -0.25) is 9.59 Å². The fourth-order valence-electron chi connectivity index (χ4n) is 0.309. The van der Waals surface area contributed by atoms with Gasteiger partial charge in [0.15, 0.2) is 12.4 Å². The predicted octanol–water partition coefficient (Wildman–Crippen LogP) is 0.356. The molecule has 0 aliphatic rings. The summed E-state index contributed by atoms with van der Waals surface area (Å²) in [6.45, 7) is 1.23. The fourth-order valence-corrected chi connectivity index (χ4v) is 0.445. The highest BCUT2D eigenvalue weighted by Crippen LogP contribution is 1.91. The van der Waals surface area contributed by atoms with E-state index in [0.717, 1.165) is 0 Å². The lowest BCUT2D eigenvalue weighted by atomic mass is 10.4. The minimum atomic E-state index is -0.788. The predicted molar refractivity (Wildman–Crippen MR) is 32.3 cm³/mol. The largest absolute Gasteiger partial charge is 0.454 e. The van der Waals surface area contributed by atoms with Crippen LogP contribution in [0.3, 0.4) is 0 Å². The van der Waals surface area contributed by atoms with Gasteiger partial charge in [0.05, 0.1) is 5.88 Å². The third-order valence-corrected chi connectivity index (χ3v) is 0.925. The van der Waals surface area contributed by atoms with Crippen molar-refractivity contribution in [1.29, 1.82) is 0 Å². The highest BCUT2D eigenvalue weighted by Gasteiger charge is 2.06. The van der Waals surface area contributed by atoms with Crippen LogP contribution in [0.25, 0.3) is 0 Å². The maximum absolute atomic E-state index is 10.1. The molecule has 0 bridgehead atoms. The average molecular weight is 151 g/mol. The van der Waals surface area contributed by atoms with Gasteiger partial charge >= 0.3 is 5.97 Å². The van der Waals surface area contributed by atoms with E-state index < -0.39 is 12.1 Å². The maximum atomic E-state index is 10.1. The standard InChI is InChI=1S/C5H7ClO3/c1-4(8)9-5(2-6)3-7/h3,5H,2H2,1H3/t5-/m0/s1. The van der Waals surface area contributed by atoms with Crippen LogP contribution in [0.15, 0.2) is 0 Å². The van der Waals surface area contributed by atoms with Crippen molar-refractivity contribution in [3.8, 4) is 0 Å². The lowest BCUT2D eigenvalue weighted by Gasteiger charge is -2.04. The first-order valence-corrected chi connectivity index (χ1v) is 2.92. The van der Waals surface area contributed by atoms with Gasteiger partial charge in [-0.2, -0.15) is 0 Å².